The van der Waals surface area contributed by atoms with Crippen molar-refractivity contribution in [1.29, 1.82) is 0 Å². The van der Waals surface area contributed by atoms with E-state index < -0.39 is 18.1 Å². The SMILES string of the molecule is CCOC(=O)c1csc([C@@H](C[C@H](C(C)C)N(C)C(=O)[C@@H](N)[C@@H](C)CC)NC(C)=O)n1. The monoisotopic (exact) mass is 440 g/mol. The molecule has 0 aromatic carbocycles. The summed E-state index contributed by atoms with van der Waals surface area (Å²) in [6.07, 6.45) is 1.28. The third-order valence-corrected chi connectivity index (χ3v) is 6.27. The Balaban J connectivity index is 3.11. The summed E-state index contributed by atoms with van der Waals surface area (Å²) in [7, 11) is 1.76. The second kappa shape index (κ2) is 12.0. The van der Waals surface area contributed by atoms with E-state index in [2.05, 4.69) is 10.3 Å². The average Bonchev–Trinajstić information content (AvgIpc) is 3.18. The minimum atomic E-state index is -0.573. The van der Waals surface area contributed by atoms with Gasteiger partial charge in [-0.3, -0.25) is 9.59 Å². The highest BCUT2D eigenvalue weighted by Gasteiger charge is 2.32. The summed E-state index contributed by atoms with van der Waals surface area (Å²) in [5.41, 5.74) is 6.39. The highest BCUT2D eigenvalue weighted by Crippen LogP contribution is 2.28. The lowest BCUT2D eigenvalue weighted by Gasteiger charge is -2.36. The summed E-state index contributed by atoms with van der Waals surface area (Å²) in [6, 6.07) is -1.17. The molecule has 1 aromatic heterocycles. The van der Waals surface area contributed by atoms with Gasteiger partial charge in [-0.05, 0) is 25.2 Å². The summed E-state index contributed by atoms with van der Waals surface area (Å²) in [4.78, 5) is 42.8. The molecule has 0 radical (unpaired) electrons. The molecule has 30 heavy (non-hydrogen) atoms. The van der Waals surface area contributed by atoms with E-state index in [-0.39, 0.29) is 42.0 Å². The first-order valence-corrected chi connectivity index (χ1v) is 11.3. The number of thiazole rings is 1. The van der Waals surface area contributed by atoms with Gasteiger partial charge in [0.25, 0.3) is 0 Å². The van der Waals surface area contributed by atoms with Gasteiger partial charge in [-0.15, -0.1) is 11.3 Å². The number of aromatic nitrogens is 1. The number of esters is 1. The molecule has 170 valence electrons. The number of hydrogen-bond acceptors (Lipinski definition) is 7. The van der Waals surface area contributed by atoms with Crippen molar-refractivity contribution >= 4 is 29.1 Å². The zero-order valence-corrected chi connectivity index (χ0v) is 19.9. The fourth-order valence-corrected chi connectivity index (χ4v) is 4.08. The lowest BCUT2D eigenvalue weighted by atomic mass is 9.93. The van der Waals surface area contributed by atoms with Crippen LogP contribution < -0.4 is 11.1 Å². The smallest absolute Gasteiger partial charge is 0.357 e. The third-order valence-electron chi connectivity index (χ3n) is 5.32. The molecule has 0 aliphatic rings. The molecule has 3 N–H and O–H groups in total. The van der Waals surface area contributed by atoms with Crippen LogP contribution in [-0.2, 0) is 14.3 Å². The Bertz CT molecular complexity index is 722. The van der Waals surface area contributed by atoms with Gasteiger partial charge in [0.2, 0.25) is 11.8 Å². The van der Waals surface area contributed by atoms with Crippen molar-refractivity contribution in [3.05, 3.63) is 16.1 Å². The van der Waals surface area contributed by atoms with Crippen LogP contribution in [0, 0.1) is 11.8 Å². The molecule has 2 amide bonds. The van der Waals surface area contributed by atoms with Gasteiger partial charge < -0.3 is 20.7 Å². The van der Waals surface area contributed by atoms with E-state index in [0.29, 0.717) is 11.4 Å². The Hall–Kier alpha value is -2.00. The van der Waals surface area contributed by atoms with Crippen LogP contribution in [0.1, 0.15) is 75.9 Å². The topological polar surface area (TPSA) is 115 Å². The van der Waals surface area contributed by atoms with Crippen molar-refractivity contribution in [2.24, 2.45) is 17.6 Å². The van der Waals surface area contributed by atoms with Crippen LogP contribution in [0.2, 0.25) is 0 Å². The number of rotatable bonds is 11. The summed E-state index contributed by atoms with van der Waals surface area (Å²) >= 11 is 1.29. The maximum Gasteiger partial charge on any atom is 0.357 e. The lowest BCUT2D eigenvalue weighted by molar-refractivity contribution is -0.135. The molecule has 0 aliphatic carbocycles. The molecular formula is C21H36N4O4S. The van der Waals surface area contributed by atoms with Crippen molar-refractivity contribution in [3.63, 3.8) is 0 Å². The van der Waals surface area contributed by atoms with Gasteiger partial charge in [0.15, 0.2) is 5.69 Å². The number of nitrogens with one attached hydrogen (secondary N) is 1. The predicted octanol–water partition coefficient (Wildman–Crippen LogP) is 2.74. The molecule has 8 nitrogen and oxygen atoms in total. The number of carbonyl (C=O) groups is 3. The van der Waals surface area contributed by atoms with Crippen molar-refractivity contribution in [3.8, 4) is 0 Å². The fraction of sp³-hybridized carbons (Fsp3) is 0.714. The number of amides is 2. The summed E-state index contributed by atoms with van der Waals surface area (Å²) in [6.45, 7) is 11.5. The zero-order chi connectivity index (χ0) is 23.0. The van der Waals surface area contributed by atoms with Gasteiger partial charge in [-0.1, -0.05) is 34.1 Å². The van der Waals surface area contributed by atoms with Crippen LogP contribution in [0.5, 0.6) is 0 Å². The first-order chi connectivity index (χ1) is 14.0. The quantitative estimate of drug-likeness (QED) is 0.511. The van der Waals surface area contributed by atoms with Crippen molar-refractivity contribution < 1.29 is 19.1 Å². The molecule has 1 rings (SSSR count). The highest BCUT2D eigenvalue weighted by molar-refractivity contribution is 7.09. The van der Waals surface area contributed by atoms with Crippen LogP contribution in [-0.4, -0.2) is 53.4 Å². The van der Waals surface area contributed by atoms with E-state index in [9.17, 15) is 14.4 Å². The number of carbonyl (C=O) groups excluding carboxylic acids is 3. The largest absolute Gasteiger partial charge is 0.461 e. The molecule has 4 atom stereocenters. The molecule has 0 saturated carbocycles. The molecule has 0 fully saturated rings. The molecule has 9 heteroatoms. The number of nitrogens with zero attached hydrogens (tertiary/aromatic N) is 2. The van der Waals surface area contributed by atoms with E-state index in [4.69, 9.17) is 10.5 Å². The Kier molecular flexibility index (Phi) is 10.4. The Morgan fingerprint density at radius 3 is 2.40 bits per heavy atom. The van der Waals surface area contributed by atoms with E-state index in [1.165, 1.54) is 18.3 Å². The van der Waals surface area contributed by atoms with Gasteiger partial charge in [-0.25, -0.2) is 9.78 Å². The van der Waals surface area contributed by atoms with Crippen LogP contribution in [0.4, 0.5) is 0 Å². The molecule has 0 bridgehead atoms. The predicted molar refractivity (Wildman–Crippen MR) is 118 cm³/mol. The highest BCUT2D eigenvalue weighted by atomic mass is 32.1. The third kappa shape index (κ3) is 7.05. The van der Waals surface area contributed by atoms with Gasteiger partial charge in [-0.2, -0.15) is 0 Å². The summed E-state index contributed by atoms with van der Waals surface area (Å²) < 4.78 is 5.00. The second-order valence-electron chi connectivity index (χ2n) is 7.95. The number of ether oxygens (including phenoxy) is 1. The van der Waals surface area contributed by atoms with Crippen molar-refractivity contribution in [1.82, 2.24) is 15.2 Å². The van der Waals surface area contributed by atoms with Crippen molar-refractivity contribution in [2.75, 3.05) is 13.7 Å². The fourth-order valence-electron chi connectivity index (χ4n) is 3.23. The average molecular weight is 441 g/mol. The van der Waals surface area contributed by atoms with Crippen LogP contribution in [0.25, 0.3) is 0 Å². The summed E-state index contributed by atoms with van der Waals surface area (Å²) in [5, 5.41) is 5.14. The van der Waals surface area contributed by atoms with Gasteiger partial charge in [0.05, 0.1) is 18.7 Å². The van der Waals surface area contributed by atoms with Crippen LogP contribution in [0.3, 0.4) is 0 Å². The van der Waals surface area contributed by atoms with Gasteiger partial charge in [0.1, 0.15) is 5.01 Å². The van der Waals surface area contributed by atoms with E-state index >= 15 is 0 Å². The number of nitrogens with two attached hydrogens (primary N) is 1. The Labute approximate surface area is 183 Å². The number of likely N-dealkylation sites (N-methyl/N-ethyl adjacent to an activating group) is 1. The van der Waals surface area contributed by atoms with Gasteiger partial charge >= 0.3 is 5.97 Å². The minimum Gasteiger partial charge on any atom is -0.461 e. The standard InChI is InChI=1S/C21H36N4O4S/c1-8-13(5)18(22)20(27)25(7)17(12(3)4)10-15(23-14(6)26)19-24-16(11-30-19)21(28)29-9-2/h11-13,15,17-18H,8-10,22H2,1-7H3,(H,23,26)/t13-,15+,17+,18-/m0/s1. The summed E-state index contributed by atoms with van der Waals surface area (Å²) in [5.74, 6) is -0.612. The molecule has 1 aromatic rings. The maximum atomic E-state index is 12.9. The van der Waals surface area contributed by atoms with Crippen molar-refractivity contribution in [2.45, 2.75) is 72.5 Å². The van der Waals surface area contributed by atoms with Crippen LogP contribution in [0.15, 0.2) is 5.38 Å². The molecule has 0 spiro atoms. The number of hydrogen-bond donors (Lipinski definition) is 2. The molecule has 0 unspecified atom stereocenters. The Morgan fingerprint density at radius 2 is 1.90 bits per heavy atom. The van der Waals surface area contributed by atoms with E-state index in [1.807, 2.05) is 27.7 Å². The first-order valence-electron chi connectivity index (χ1n) is 10.4. The zero-order valence-electron chi connectivity index (χ0n) is 19.1. The van der Waals surface area contributed by atoms with E-state index in [0.717, 1.165) is 6.42 Å². The minimum absolute atomic E-state index is 0.0741. The van der Waals surface area contributed by atoms with E-state index in [1.54, 1.807) is 24.3 Å². The lowest BCUT2D eigenvalue weighted by Crippen LogP contribution is -2.51. The Morgan fingerprint density at radius 1 is 1.27 bits per heavy atom. The first kappa shape index (κ1) is 26.0. The molecule has 0 saturated heterocycles. The van der Waals surface area contributed by atoms with Crippen LogP contribution >= 0.6 is 11.3 Å². The molecule has 1 heterocycles. The molecule has 0 aliphatic heterocycles. The second-order valence-corrected chi connectivity index (χ2v) is 8.84. The maximum absolute atomic E-state index is 12.9. The van der Waals surface area contributed by atoms with Gasteiger partial charge in [0, 0.05) is 25.4 Å². The normalized spacial score (nSPS) is 15.2. The molecular weight excluding hydrogens is 404 g/mol.